The summed E-state index contributed by atoms with van der Waals surface area (Å²) < 4.78 is 13.9. The normalized spacial score (nSPS) is 11.1. The fourth-order valence-electron chi connectivity index (χ4n) is 4.74. The summed E-state index contributed by atoms with van der Waals surface area (Å²) in [7, 11) is 6.61. The molecule has 0 fully saturated rings. The van der Waals surface area contributed by atoms with Gasteiger partial charge in [0.25, 0.3) is 0 Å². The van der Waals surface area contributed by atoms with Crippen molar-refractivity contribution < 1.29 is 4.21 Å². The highest BCUT2D eigenvalue weighted by Crippen LogP contribution is 2.32. The Bertz CT molecular complexity index is 1110. The van der Waals surface area contributed by atoms with Crippen LogP contribution in [0.1, 0.15) is 34.1 Å². The van der Waals surface area contributed by atoms with Crippen LogP contribution in [0, 0.1) is 0 Å². The van der Waals surface area contributed by atoms with Crippen LogP contribution in [0.4, 0.5) is 22.7 Å². The zero-order chi connectivity index (χ0) is 26.9. The highest BCUT2D eigenvalue weighted by molar-refractivity contribution is 7.85. The van der Waals surface area contributed by atoms with Crippen molar-refractivity contribution in [3.8, 4) is 0 Å². The molecular weight excluding hydrogens is 488 g/mol. The largest absolute Gasteiger partial charge is 0.388 e. The van der Waals surface area contributed by atoms with Gasteiger partial charge in [-0.3, -0.25) is 4.21 Å². The van der Waals surface area contributed by atoms with Gasteiger partial charge in [-0.1, -0.05) is 48.5 Å². The number of nitrogens with one attached hydrogen (secondary N) is 4. The molecule has 5 nitrogen and oxygen atoms in total. The van der Waals surface area contributed by atoms with Crippen LogP contribution in [0.3, 0.4) is 0 Å². The second-order valence-electron chi connectivity index (χ2n) is 9.37. The van der Waals surface area contributed by atoms with E-state index < -0.39 is 10.8 Å². The summed E-state index contributed by atoms with van der Waals surface area (Å²) in [6, 6.07) is 33.8. The summed E-state index contributed by atoms with van der Waals surface area (Å²) in [5, 5.41) is 12.8. The fourth-order valence-corrected chi connectivity index (χ4v) is 6.39. The third-order valence-electron chi connectivity index (χ3n) is 7.11. The van der Waals surface area contributed by atoms with Gasteiger partial charge in [-0.15, -0.1) is 0 Å². The minimum Gasteiger partial charge on any atom is -0.388 e. The third kappa shape index (κ3) is 6.75. The molecule has 0 unspecified atom stereocenters. The van der Waals surface area contributed by atoms with Crippen LogP contribution in [0.15, 0.2) is 97.1 Å². The summed E-state index contributed by atoms with van der Waals surface area (Å²) in [5.41, 5.74) is 8.93. The standard InChI is InChI=1S/C32H38N4OS/c1-33-27-13-5-23(6-14-27)31(24-7-15-28(34-2)16-8-24)21-38(37)22-32(25-9-17-29(35-3)18-10-25)26-11-19-30(36-4)20-12-26/h5-20,31-36H,21-22H2,1-4H3. The second kappa shape index (κ2) is 13.2. The van der Waals surface area contributed by atoms with Crippen molar-refractivity contribution in [2.75, 3.05) is 61.0 Å². The van der Waals surface area contributed by atoms with E-state index in [2.05, 4.69) is 118 Å². The SMILES string of the molecule is CNc1ccc(C(CS(=O)CC(c2ccc(NC)cc2)c2ccc(NC)cc2)c2ccc(NC)cc2)cc1. The summed E-state index contributed by atoms with van der Waals surface area (Å²) in [6.45, 7) is 0. The van der Waals surface area contributed by atoms with E-state index in [0.29, 0.717) is 11.5 Å². The molecule has 0 heterocycles. The van der Waals surface area contributed by atoms with Gasteiger partial charge in [-0.2, -0.15) is 0 Å². The van der Waals surface area contributed by atoms with Crippen molar-refractivity contribution in [3.05, 3.63) is 119 Å². The molecule has 0 aliphatic rings. The van der Waals surface area contributed by atoms with Crippen molar-refractivity contribution in [1.29, 1.82) is 0 Å². The minimum absolute atomic E-state index is 0.0339. The maximum Gasteiger partial charge on any atom is 0.0344 e. The minimum atomic E-state index is -1.07. The Labute approximate surface area is 229 Å². The number of hydrogen-bond acceptors (Lipinski definition) is 5. The van der Waals surface area contributed by atoms with Crippen LogP contribution in [0.25, 0.3) is 0 Å². The van der Waals surface area contributed by atoms with Crippen molar-refractivity contribution in [3.63, 3.8) is 0 Å². The van der Waals surface area contributed by atoms with Crippen LogP contribution in [0.2, 0.25) is 0 Å². The molecule has 198 valence electrons. The lowest BCUT2D eigenvalue weighted by Gasteiger charge is -2.22. The Balaban J connectivity index is 1.63. The Morgan fingerprint density at radius 3 is 0.842 bits per heavy atom. The first-order valence-electron chi connectivity index (χ1n) is 13.0. The molecule has 0 radical (unpaired) electrons. The Morgan fingerprint density at radius 1 is 0.447 bits per heavy atom. The summed E-state index contributed by atoms with van der Waals surface area (Å²) in [4.78, 5) is 0. The quantitative estimate of drug-likeness (QED) is 0.168. The first kappa shape index (κ1) is 27.3. The van der Waals surface area contributed by atoms with Gasteiger partial charge in [0.2, 0.25) is 0 Å². The molecule has 38 heavy (non-hydrogen) atoms. The zero-order valence-corrected chi connectivity index (χ0v) is 23.4. The lowest BCUT2D eigenvalue weighted by atomic mass is 9.92. The van der Waals surface area contributed by atoms with Crippen LogP contribution in [0.5, 0.6) is 0 Å². The highest BCUT2D eigenvalue weighted by atomic mass is 32.2. The molecule has 0 atom stereocenters. The topological polar surface area (TPSA) is 65.2 Å². The molecule has 0 spiro atoms. The molecule has 0 bridgehead atoms. The maximum atomic E-state index is 13.9. The molecule has 4 N–H and O–H groups in total. The molecule has 0 aliphatic heterocycles. The van der Waals surface area contributed by atoms with E-state index in [-0.39, 0.29) is 11.8 Å². The molecule has 0 amide bonds. The Kier molecular flexibility index (Phi) is 9.44. The van der Waals surface area contributed by atoms with Gasteiger partial charge in [0.05, 0.1) is 0 Å². The van der Waals surface area contributed by atoms with Crippen LogP contribution >= 0.6 is 0 Å². The fraction of sp³-hybridized carbons (Fsp3) is 0.250. The van der Waals surface area contributed by atoms with Crippen molar-refractivity contribution >= 4 is 33.5 Å². The molecule has 4 rings (SSSR count). The van der Waals surface area contributed by atoms with Gasteiger partial charge in [-0.25, -0.2) is 0 Å². The first-order valence-corrected chi connectivity index (χ1v) is 14.5. The third-order valence-corrected chi connectivity index (χ3v) is 8.52. The molecule has 4 aromatic rings. The maximum absolute atomic E-state index is 13.9. The molecule has 0 saturated heterocycles. The Morgan fingerprint density at radius 2 is 0.658 bits per heavy atom. The lowest BCUT2D eigenvalue weighted by Crippen LogP contribution is -2.18. The van der Waals surface area contributed by atoms with Crippen LogP contribution in [-0.2, 0) is 10.8 Å². The van der Waals surface area contributed by atoms with E-state index in [1.807, 2.05) is 28.2 Å². The molecule has 0 aromatic heterocycles. The summed E-state index contributed by atoms with van der Waals surface area (Å²) in [6.07, 6.45) is 0. The summed E-state index contributed by atoms with van der Waals surface area (Å²) >= 11 is 0. The van der Waals surface area contributed by atoms with E-state index in [1.165, 1.54) is 22.3 Å². The van der Waals surface area contributed by atoms with E-state index in [1.54, 1.807) is 0 Å². The van der Waals surface area contributed by atoms with Gasteiger partial charge in [0.1, 0.15) is 0 Å². The van der Waals surface area contributed by atoms with Crippen LogP contribution in [-0.4, -0.2) is 43.9 Å². The lowest BCUT2D eigenvalue weighted by molar-refractivity contribution is 0.675. The predicted molar refractivity (Wildman–Crippen MR) is 166 cm³/mol. The predicted octanol–water partition coefficient (Wildman–Crippen LogP) is 6.57. The highest BCUT2D eigenvalue weighted by Gasteiger charge is 2.23. The van der Waals surface area contributed by atoms with Crippen LogP contribution < -0.4 is 21.3 Å². The van der Waals surface area contributed by atoms with Gasteiger partial charge in [0, 0.05) is 85.1 Å². The first-order chi connectivity index (χ1) is 18.5. The molecule has 6 heteroatoms. The number of rotatable bonds is 12. The Hall–Kier alpha value is -3.77. The smallest absolute Gasteiger partial charge is 0.0344 e. The number of benzene rings is 4. The molecular formula is C32H38N4OS. The average Bonchev–Trinajstić information content (AvgIpc) is 2.99. The van der Waals surface area contributed by atoms with E-state index in [4.69, 9.17) is 0 Å². The molecule has 4 aromatic carbocycles. The number of hydrogen-bond donors (Lipinski definition) is 4. The average molecular weight is 527 g/mol. The van der Waals surface area contributed by atoms with Gasteiger partial charge in [-0.05, 0) is 70.8 Å². The summed E-state index contributed by atoms with van der Waals surface area (Å²) in [5.74, 6) is 1.17. The second-order valence-corrected chi connectivity index (χ2v) is 10.9. The molecule has 0 saturated carbocycles. The van der Waals surface area contributed by atoms with Crippen molar-refractivity contribution in [2.45, 2.75) is 11.8 Å². The zero-order valence-electron chi connectivity index (χ0n) is 22.6. The van der Waals surface area contributed by atoms with Gasteiger partial charge < -0.3 is 21.3 Å². The monoisotopic (exact) mass is 526 g/mol. The molecule has 0 aliphatic carbocycles. The van der Waals surface area contributed by atoms with E-state index in [0.717, 1.165) is 22.7 Å². The van der Waals surface area contributed by atoms with Gasteiger partial charge >= 0.3 is 0 Å². The van der Waals surface area contributed by atoms with Gasteiger partial charge in [0.15, 0.2) is 0 Å². The number of anilines is 4. The van der Waals surface area contributed by atoms with E-state index >= 15 is 0 Å². The van der Waals surface area contributed by atoms with E-state index in [9.17, 15) is 4.21 Å². The van der Waals surface area contributed by atoms with Crippen molar-refractivity contribution in [1.82, 2.24) is 0 Å². The van der Waals surface area contributed by atoms with Crippen molar-refractivity contribution in [2.24, 2.45) is 0 Å².